The number of nitrogens with zero attached hydrogens (tertiary/aromatic N) is 8. The lowest BCUT2D eigenvalue weighted by molar-refractivity contribution is 0.0676. The first-order valence-electron chi connectivity index (χ1n) is 34.9. The normalized spacial score (nSPS) is 17.2. The maximum Gasteiger partial charge on any atom is 0.274 e. The van der Waals surface area contributed by atoms with Gasteiger partial charge in [0.1, 0.15) is 64.8 Å². The Morgan fingerprint density at radius 3 is 1.17 bits per heavy atom. The Balaban J connectivity index is 0.000000164. The molecule has 3 saturated heterocycles. The first-order chi connectivity index (χ1) is 53.9. The summed E-state index contributed by atoms with van der Waals surface area (Å²) in [6, 6.07) is 25.4. The molecule has 3 atom stereocenters. The summed E-state index contributed by atoms with van der Waals surface area (Å²) in [6.07, 6.45) is 6.73. The summed E-state index contributed by atoms with van der Waals surface area (Å²) in [5.41, 5.74) is -2.49. The summed E-state index contributed by atoms with van der Waals surface area (Å²) in [5, 5.41) is 21.1. The molecule has 604 valence electrons. The zero-order chi connectivity index (χ0) is 82.4. The number of pyridine rings is 3. The van der Waals surface area contributed by atoms with Crippen molar-refractivity contribution < 1.29 is 94.9 Å². The highest BCUT2D eigenvalue weighted by Crippen LogP contribution is 2.34. The van der Waals surface area contributed by atoms with Gasteiger partial charge in [0.15, 0.2) is 34.3 Å². The summed E-state index contributed by atoms with van der Waals surface area (Å²) in [7, 11) is -5.87. The number of carbonyl (C=O) groups is 6. The van der Waals surface area contributed by atoms with Gasteiger partial charge >= 0.3 is 0 Å². The van der Waals surface area contributed by atoms with Crippen LogP contribution in [0.4, 0.5) is 26.3 Å². The van der Waals surface area contributed by atoms with Crippen LogP contribution in [0.3, 0.4) is 0 Å². The fourth-order valence-electron chi connectivity index (χ4n) is 13.3. The summed E-state index contributed by atoms with van der Waals surface area (Å²) in [5.74, 6) is -10.4. The molecular weight excluding hydrogens is 1590 g/mol. The van der Waals surface area contributed by atoms with Crippen LogP contribution in [0.1, 0.15) is 108 Å². The number of hydrogen-bond donors (Lipinski definition) is 5. The van der Waals surface area contributed by atoms with Gasteiger partial charge < -0.3 is 64.2 Å². The van der Waals surface area contributed by atoms with Gasteiger partial charge in [-0.2, -0.15) is 8.61 Å². The third-order valence-corrected chi connectivity index (χ3v) is 21.6. The number of sulfonamides is 2. The van der Waals surface area contributed by atoms with Gasteiger partial charge in [0.25, 0.3) is 35.4 Å². The number of ether oxygens (including phenoxy) is 2. The molecule has 0 spiro atoms. The van der Waals surface area contributed by atoms with Crippen molar-refractivity contribution in [2.45, 2.75) is 51.0 Å². The fourth-order valence-corrected chi connectivity index (χ4v) is 15.0. The highest BCUT2D eigenvalue weighted by Gasteiger charge is 2.43. The summed E-state index contributed by atoms with van der Waals surface area (Å²) < 4.78 is 168. The van der Waals surface area contributed by atoms with Gasteiger partial charge in [0, 0.05) is 162 Å². The zero-order valence-corrected chi connectivity index (χ0v) is 64.0. The molecule has 6 bridgehead atoms. The van der Waals surface area contributed by atoms with Crippen molar-refractivity contribution in [2.75, 3.05) is 97.3 Å². The molecule has 114 heavy (non-hydrogen) atoms. The van der Waals surface area contributed by atoms with E-state index in [1.807, 2.05) is 36.4 Å². The van der Waals surface area contributed by atoms with E-state index in [1.165, 1.54) is 52.1 Å². The molecule has 5 N–H and O–H groups in total. The number of nitrogens with one attached hydrogen (secondary N) is 4. The number of amides is 6. The average Bonchev–Trinajstić information content (AvgIpc) is 1.42. The molecule has 8 aromatic rings. The first kappa shape index (κ1) is 83.7. The Bertz CT molecular complexity index is 5670. The number of hydrogen-bond acceptors (Lipinski definition) is 19. The van der Waals surface area contributed by atoms with E-state index in [1.54, 1.807) is 33.7 Å². The average molecular weight is 1660 g/mol. The van der Waals surface area contributed by atoms with E-state index >= 15 is 0 Å². The standard InChI is InChI=1S/C27H26F2N4O6S.C26H24F2N4O4.C20H20F2N4O6S.CH3ClO2S/c1-40(37,38)32-10-9-31-13-20(14-32)33-15-21(26(35)30-12-18-7-8-19(28)11-22(18)29)24(34)25(23(33)27(31)36)39-16-17-5-3-2-4-6-17;27-18-7-6-17(21(28)10-18)11-30-25(34)20-14-32-19-12-29-8-9-31(13-19)26(35)22(32)24(23(20)33)36-15-16-4-2-1-3-5-16;1-33(31,32)25-5-4-24-8-13(9-25)26-10-14(17(27)18(28)16(26)20(24)30)19(29)23-7-11-2-3-12(21)6-15(11)22;1-5(2,3)4/h2-8,11,15,20H,9-10,12-14,16H2,1H3,(H,30,35);1-7,10,14,19,29H,8-9,11-13,15H2,(H,30,34);2-3,6,10,13,28H,4-5,7-9H2,1H3,(H,23,29);1H3. The SMILES string of the molecule is CS(=O)(=O)Cl.CS(=O)(=O)N1CCN2CC(C1)n1cc(C(=O)NCc3ccc(F)cc3F)c(=O)c(O)c1C2=O.CS(=O)(=O)N1CCN2CC(C1)n1cc(C(=O)NCc3ccc(F)cc3F)c(=O)c(OCc3ccccc3)c1C2=O.O=C(NCc1ccc(F)cc1F)c1cn2c(c(OCc3ccccc3)c1=O)C(=O)N1CCNCC2C1. The van der Waals surface area contributed by atoms with Crippen LogP contribution < -0.4 is 47.0 Å². The van der Waals surface area contributed by atoms with Gasteiger partial charge in [-0.15, -0.1) is 0 Å². The maximum atomic E-state index is 14.1. The Labute approximate surface area is 651 Å². The monoisotopic (exact) mass is 1660 g/mol. The molecule has 9 heterocycles. The van der Waals surface area contributed by atoms with Crippen molar-refractivity contribution >= 4 is 75.2 Å². The first-order valence-corrected chi connectivity index (χ1v) is 41.3. The second-order valence-corrected chi connectivity index (χ2v) is 34.0. The number of aromatic nitrogens is 3. The lowest BCUT2D eigenvalue weighted by Gasteiger charge is -2.35. The molecule has 3 fully saturated rings. The molecule has 0 saturated carbocycles. The molecule has 3 unspecified atom stereocenters. The predicted octanol–water partition coefficient (Wildman–Crippen LogP) is 4.36. The van der Waals surface area contributed by atoms with E-state index in [4.69, 9.17) is 9.47 Å². The smallest absolute Gasteiger partial charge is 0.274 e. The summed E-state index contributed by atoms with van der Waals surface area (Å²) >= 11 is 0. The highest BCUT2D eigenvalue weighted by molar-refractivity contribution is 8.13. The number of fused-ring (bicyclic) bond motifs is 12. The Morgan fingerprint density at radius 2 is 0.798 bits per heavy atom. The number of rotatable bonds is 17. The number of aromatic hydroxyl groups is 1. The molecule has 30 nitrogen and oxygen atoms in total. The minimum absolute atomic E-state index is 0.00625. The topological polar surface area (TPSA) is 374 Å². The van der Waals surface area contributed by atoms with Gasteiger partial charge in [-0.1, -0.05) is 78.9 Å². The van der Waals surface area contributed by atoms with Crippen LogP contribution in [0.15, 0.2) is 148 Å². The van der Waals surface area contributed by atoms with Crippen LogP contribution in [0.5, 0.6) is 17.2 Å². The minimum Gasteiger partial charge on any atom is -0.503 e. The quantitative estimate of drug-likeness (QED) is 0.0624. The Hall–Kier alpha value is -11.2. The van der Waals surface area contributed by atoms with Gasteiger partial charge in [0.2, 0.25) is 45.4 Å². The van der Waals surface area contributed by atoms with Gasteiger partial charge in [0.05, 0.1) is 36.9 Å². The molecule has 14 rings (SSSR count). The lowest BCUT2D eigenvalue weighted by Crippen LogP contribution is -2.45. The third kappa shape index (κ3) is 19.7. The van der Waals surface area contributed by atoms with E-state index < -0.39 is 133 Å². The second-order valence-electron chi connectivity index (χ2n) is 27.0. The van der Waals surface area contributed by atoms with Gasteiger partial charge in [-0.05, 0) is 29.3 Å². The van der Waals surface area contributed by atoms with Crippen molar-refractivity contribution in [3.05, 3.63) is 261 Å². The van der Waals surface area contributed by atoms with E-state index in [0.717, 1.165) is 60.9 Å². The molecule has 6 aliphatic rings. The predicted molar refractivity (Wildman–Crippen MR) is 399 cm³/mol. The van der Waals surface area contributed by atoms with E-state index in [0.29, 0.717) is 43.9 Å². The van der Waals surface area contributed by atoms with Crippen LogP contribution >= 0.6 is 10.7 Å². The largest absolute Gasteiger partial charge is 0.503 e. The molecule has 6 aliphatic heterocycles. The van der Waals surface area contributed by atoms with E-state index in [-0.39, 0.29) is 154 Å². The third-order valence-electron chi connectivity index (χ3n) is 19.0. The van der Waals surface area contributed by atoms with Crippen LogP contribution in [-0.4, -0.2) is 200 Å². The van der Waals surface area contributed by atoms with Crippen molar-refractivity contribution in [3.63, 3.8) is 0 Å². The molecular formula is C74H73ClF6N12O18S3. The minimum atomic E-state index is -3.60. The van der Waals surface area contributed by atoms with Crippen molar-refractivity contribution in [2.24, 2.45) is 0 Å². The van der Waals surface area contributed by atoms with Crippen molar-refractivity contribution in [3.8, 4) is 17.2 Å². The van der Waals surface area contributed by atoms with Crippen LogP contribution in [0.25, 0.3) is 0 Å². The molecule has 0 aliphatic carbocycles. The van der Waals surface area contributed by atoms with Crippen LogP contribution in [-0.2, 0) is 61.9 Å². The highest BCUT2D eigenvalue weighted by atomic mass is 35.7. The van der Waals surface area contributed by atoms with E-state index in [2.05, 4.69) is 31.9 Å². The molecule has 0 radical (unpaired) electrons. The summed E-state index contributed by atoms with van der Waals surface area (Å²) in [4.78, 5) is 123. The molecule has 40 heteroatoms. The van der Waals surface area contributed by atoms with Gasteiger partial charge in [-0.25, -0.2) is 51.6 Å². The second kappa shape index (κ2) is 35.0. The van der Waals surface area contributed by atoms with Crippen molar-refractivity contribution in [1.29, 1.82) is 0 Å². The van der Waals surface area contributed by atoms with Crippen LogP contribution in [0.2, 0.25) is 0 Å². The number of benzene rings is 5. The lowest BCUT2D eigenvalue weighted by atomic mass is 10.1. The van der Waals surface area contributed by atoms with Crippen LogP contribution in [0, 0.1) is 34.9 Å². The number of carbonyl (C=O) groups excluding carboxylic acids is 6. The Morgan fingerprint density at radius 1 is 0.465 bits per heavy atom. The molecule has 5 aromatic carbocycles. The molecule has 6 amide bonds. The molecule has 3 aromatic heterocycles. The fraction of sp³-hybridized carbons (Fsp3) is 0.311. The van der Waals surface area contributed by atoms with Crippen molar-refractivity contribution in [1.82, 2.24) is 58.3 Å². The number of halogens is 7. The maximum absolute atomic E-state index is 14.1. The van der Waals surface area contributed by atoms with E-state index in [9.17, 15) is 99.9 Å². The van der Waals surface area contributed by atoms with Gasteiger partial charge in [-0.3, -0.25) is 43.2 Å². The Kier molecular flexibility index (Phi) is 25.7. The summed E-state index contributed by atoms with van der Waals surface area (Å²) in [6.45, 7) is 1.73. The zero-order valence-electron chi connectivity index (χ0n) is 60.8.